The number of ketones is 1. The van der Waals surface area contributed by atoms with Crippen molar-refractivity contribution in [2.75, 3.05) is 13.2 Å². The lowest BCUT2D eigenvalue weighted by molar-refractivity contribution is -0.139. The van der Waals surface area contributed by atoms with Gasteiger partial charge in [0.1, 0.15) is 12.2 Å². The zero-order valence-electron chi connectivity index (χ0n) is 6.22. The van der Waals surface area contributed by atoms with E-state index in [2.05, 4.69) is 0 Å². The Balaban J connectivity index is 4.09. The molecule has 0 aromatic heterocycles. The highest BCUT2D eigenvalue weighted by molar-refractivity contribution is 5.87. The van der Waals surface area contributed by atoms with Gasteiger partial charge in [-0.25, -0.2) is 4.39 Å². The summed E-state index contributed by atoms with van der Waals surface area (Å²) < 4.78 is 12.6. The summed E-state index contributed by atoms with van der Waals surface area (Å²) in [5, 5.41) is 33.7. The number of rotatable bonds is 5. The van der Waals surface area contributed by atoms with Gasteiger partial charge < -0.3 is 20.4 Å². The van der Waals surface area contributed by atoms with Gasteiger partial charge in [-0.15, -0.1) is 0 Å². The monoisotopic (exact) mass is 182 g/mol. The Morgan fingerprint density at radius 3 is 2.08 bits per heavy atom. The van der Waals surface area contributed by atoms with Gasteiger partial charge in [-0.3, -0.25) is 4.79 Å². The lowest BCUT2D eigenvalue weighted by Gasteiger charge is -2.14. The number of alkyl halides is 1. The smallest absolute Gasteiger partial charge is 0.200 e. The molecule has 0 aromatic rings. The quantitative estimate of drug-likeness (QED) is 0.380. The second-order valence-corrected chi connectivity index (χ2v) is 2.25. The molecular formula is C6H11FO5. The van der Waals surface area contributed by atoms with Gasteiger partial charge in [0, 0.05) is 0 Å². The normalized spacial score (nSPS) is 18.4. The molecule has 3 atom stereocenters. The first-order valence-corrected chi connectivity index (χ1v) is 3.30. The van der Waals surface area contributed by atoms with Crippen LogP contribution in [0.2, 0.25) is 0 Å². The van der Waals surface area contributed by atoms with Gasteiger partial charge in [-0.05, 0) is 0 Å². The molecule has 0 rings (SSSR count). The van der Waals surface area contributed by atoms with E-state index in [4.69, 9.17) is 20.4 Å². The second kappa shape index (κ2) is 5.15. The highest BCUT2D eigenvalue weighted by Crippen LogP contribution is 2.03. The van der Waals surface area contributed by atoms with Gasteiger partial charge in [0.15, 0.2) is 12.0 Å². The van der Waals surface area contributed by atoms with Crippen molar-refractivity contribution in [1.82, 2.24) is 0 Å². The van der Waals surface area contributed by atoms with Crippen LogP contribution in [-0.2, 0) is 4.79 Å². The van der Waals surface area contributed by atoms with Crippen molar-refractivity contribution in [3.05, 3.63) is 0 Å². The van der Waals surface area contributed by atoms with Crippen LogP contribution in [0.4, 0.5) is 4.39 Å². The van der Waals surface area contributed by atoms with E-state index in [1.165, 1.54) is 0 Å². The van der Waals surface area contributed by atoms with Crippen molar-refractivity contribution >= 4 is 5.78 Å². The Bertz CT molecular complexity index is 151. The van der Waals surface area contributed by atoms with Crippen molar-refractivity contribution in [1.29, 1.82) is 0 Å². The molecular weight excluding hydrogens is 171 g/mol. The average Bonchev–Trinajstić information content (AvgIpc) is 2.12. The average molecular weight is 182 g/mol. The fourth-order valence-corrected chi connectivity index (χ4v) is 0.556. The molecule has 0 aliphatic heterocycles. The van der Waals surface area contributed by atoms with Gasteiger partial charge in [0.2, 0.25) is 0 Å². The molecule has 0 saturated heterocycles. The number of aliphatic hydroxyl groups is 4. The fraction of sp³-hybridized carbons (Fsp3) is 0.833. The van der Waals surface area contributed by atoms with E-state index >= 15 is 0 Å². The zero-order chi connectivity index (χ0) is 9.72. The molecule has 12 heavy (non-hydrogen) atoms. The van der Waals surface area contributed by atoms with Crippen molar-refractivity contribution in [3.8, 4) is 0 Å². The maximum atomic E-state index is 12.6. The third-order valence-electron chi connectivity index (χ3n) is 1.30. The van der Waals surface area contributed by atoms with Gasteiger partial charge in [-0.1, -0.05) is 0 Å². The molecule has 0 radical (unpaired) electrons. The van der Waals surface area contributed by atoms with Crippen molar-refractivity contribution in [2.45, 2.75) is 18.4 Å². The van der Waals surface area contributed by atoms with Crippen LogP contribution >= 0.6 is 0 Å². The summed E-state index contributed by atoms with van der Waals surface area (Å²) in [6.45, 7) is -1.82. The third-order valence-corrected chi connectivity index (χ3v) is 1.30. The first-order chi connectivity index (χ1) is 5.54. The van der Waals surface area contributed by atoms with E-state index in [0.29, 0.717) is 0 Å². The summed E-state index contributed by atoms with van der Waals surface area (Å²) in [6.07, 6.45) is -6.06. The van der Waals surface area contributed by atoms with Crippen molar-refractivity contribution < 1.29 is 29.6 Å². The minimum Gasteiger partial charge on any atom is -0.394 e. The lowest BCUT2D eigenvalue weighted by Crippen LogP contribution is -2.40. The van der Waals surface area contributed by atoms with E-state index < -0.39 is 37.4 Å². The van der Waals surface area contributed by atoms with Crippen LogP contribution in [0.1, 0.15) is 0 Å². The summed E-state index contributed by atoms with van der Waals surface area (Å²) in [5.41, 5.74) is 0. The Kier molecular flexibility index (Phi) is 4.91. The van der Waals surface area contributed by atoms with Gasteiger partial charge in [0.25, 0.3) is 0 Å². The number of Topliss-reactive ketones (excluding diaryl/α,β-unsaturated/α-hetero) is 1. The van der Waals surface area contributed by atoms with Gasteiger partial charge in [-0.2, -0.15) is 0 Å². The Labute approximate surface area is 68.1 Å². The number of carbonyl (C=O) groups excluding carboxylic acids is 1. The van der Waals surface area contributed by atoms with E-state index in [9.17, 15) is 9.18 Å². The first-order valence-electron chi connectivity index (χ1n) is 3.30. The van der Waals surface area contributed by atoms with Crippen LogP contribution < -0.4 is 0 Å². The molecule has 0 aliphatic carbocycles. The van der Waals surface area contributed by atoms with Crippen LogP contribution in [0.5, 0.6) is 0 Å². The van der Waals surface area contributed by atoms with Crippen LogP contribution in [-0.4, -0.2) is 57.8 Å². The minimum absolute atomic E-state index is 0.905. The fourth-order valence-electron chi connectivity index (χ4n) is 0.556. The zero-order valence-corrected chi connectivity index (χ0v) is 6.22. The molecule has 0 aromatic carbocycles. The molecule has 0 aliphatic rings. The summed E-state index contributed by atoms with van der Waals surface area (Å²) >= 11 is 0. The third kappa shape index (κ3) is 2.82. The maximum Gasteiger partial charge on any atom is 0.200 e. The lowest BCUT2D eigenvalue weighted by atomic mass is 10.1. The SMILES string of the molecule is O=C([C@@H](F)[C@H](O)CO)[C@@H](O)CO. The number of halogens is 1. The Hall–Kier alpha value is -0.560. The molecule has 0 amide bonds. The first kappa shape index (κ1) is 11.4. The molecule has 4 N–H and O–H groups in total. The van der Waals surface area contributed by atoms with Gasteiger partial charge in [0.05, 0.1) is 13.2 Å². The number of hydrogen-bond acceptors (Lipinski definition) is 5. The van der Waals surface area contributed by atoms with Crippen LogP contribution in [0, 0.1) is 0 Å². The highest BCUT2D eigenvalue weighted by Gasteiger charge is 2.30. The van der Waals surface area contributed by atoms with E-state index in [0.717, 1.165) is 0 Å². The van der Waals surface area contributed by atoms with Crippen LogP contribution in [0.3, 0.4) is 0 Å². The predicted octanol–water partition coefficient (Wildman–Crippen LogP) is -2.40. The predicted molar refractivity (Wildman–Crippen MR) is 36.1 cm³/mol. The summed E-state index contributed by atoms with van der Waals surface area (Å²) in [7, 11) is 0. The minimum atomic E-state index is -2.36. The van der Waals surface area contributed by atoms with Crippen molar-refractivity contribution in [3.63, 3.8) is 0 Å². The largest absolute Gasteiger partial charge is 0.394 e. The summed E-state index contributed by atoms with van der Waals surface area (Å²) in [5.74, 6) is -1.33. The Morgan fingerprint density at radius 1 is 1.25 bits per heavy atom. The molecule has 6 heteroatoms. The summed E-state index contributed by atoms with van der Waals surface area (Å²) in [4.78, 5) is 10.6. The topological polar surface area (TPSA) is 98.0 Å². The molecule has 5 nitrogen and oxygen atoms in total. The molecule has 0 heterocycles. The molecule has 0 fully saturated rings. The van der Waals surface area contributed by atoms with Gasteiger partial charge >= 0.3 is 0 Å². The molecule has 0 spiro atoms. The molecule has 0 unspecified atom stereocenters. The van der Waals surface area contributed by atoms with E-state index in [1.54, 1.807) is 0 Å². The second-order valence-electron chi connectivity index (χ2n) is 2.25. The molecule has 0 saturated carbocycles. The maximum absolute atomic E-state index is 12.6. The van der Waals surface area contributed by atoms with Crippen LogP contribution in [0.25, 0.3) is 0 Å². The number of hydrogen-bond donors (Lipinski definition) is 4. The summed E-state index contributed by atoms with van der Waals surface area (Å²) in [6, 6.07) is 0. The molecule has 0 bridgehead atoms. The highest BCUT2D eigenvalue weighted by atomic mass is 19.1. The number of carbonyl (C=O) groups is 1. The van der Waals surface area contributed by atoms with E-state index in [-0.39, 0.29) is 0 Å². The van der Waals surface area contributed by atoms with Crippen molar-refractivity contribution in [2.24, 2.45) is 0 Å². The van der Waals surface area contributed by atoms with E-state index in [1.807, 2.05) is 0 Å². The number of aliphatic hydroxyl groups excluding tert-OH is 4. The standard InChI is InChI=1S/C6H11FO5/c7-5(3(10)1-8)6(12)4(11)2-9/h3-5,8-11H,1-2H2/t3-,4+,5+/m1/s1. The van der Waals surface area contributed by atoms with Crippen LogP contribution in [0.15, 0.2) is 0 Å². The molecule has 72 valence electrons. The Morgan fingerprint density at radius 2 is 1.75 bits per heavy atom.